The van der Waals surface area contributed by atoms with E-state index in [2.05, 4.69) is 11.1 Å². The van der Waals surface area contributed by atoms with Crippen LogP contribution in [0.15, 0.2) is 18.3 Å². The lowest BCUT2D eigenvalue weighted by Crippen LogP contribution is -2.07. The highest BCUT2D eigenvalue weighted by Gasteiger charge is 2.15. The summed E-state index contributed by atoms with van der Waals surface area (Å²) in [7, 11) is 0. The molecule has 0 fully saturated rings. The van der Waals surface area contributed by atoms with Gasteiger partial charge in [0.05, 0.1) is 11.8 Å². The summed E-state index contributed by atoms with van der Waals surface area (Å²) < 4.78 is 0. The molecule has 1 aromatic rings. The molecule has 1 unspecified atom stereocenters. The molecule has 1 atom stereocenters. The first-order valence-electron chi connectivity index (χ1n) is 5.00. The minimum atomic E-state index is -0.337. The van der Waals surface area contributed by atoms with E-state index in [9.17, 15) is 5.11 Å². The van der Waals surface area contributed by atoms with Crippen molar-refractivity contribution >= 4 is 0 Å². The fourth-order valence-corrected chi connectivity index (χ4v) is 1.93. The number of fused-ring (bicyclic) bond motifs is 1. The molecule has 1 heterocycles. The van der Waals surface area contributed by atoms with Gasteiger partial charge in [-0.1, -0.05) is 18.9 Å². The largest absolute Gasteiger partial charge is 0.387 e. The molecule has 2 nitrogen and oxygen atoms in total. The summed E-state index contributed by atoms with van der Waals surface area (Å²) >= 11 is 0. The van der Waals surface area contributed by atoms with Crippen molar-refractivity contribution in [3.05, 3.63) is 29.6 Å². The average Bonchev–Trinajstić information content (AvgIpc) is 2.14. The third-order valence-corrected chi connectivity index (χ3v) is 2.67. The molecule has 0 radical (unpaired) electrons. The lowest BCUT2D eigenvalue weighted by atomic mass is 9.95. The van der Waals surface area contributed by atoms with Crippen molar-refractivity contribution in [3.8, 4) is 0 Å². The van der Waals surface area contributed by atoms with Gasteiger partial charge in [-0.25, -0.2) is 0 Å². The van der Waals surface area contributed by atoms with Crippen molar-refractivity contribution < 1.29 is 5.11 Å². The van der Waals surface area contributed by atoms with E-state index in [0.29, 0.717) is 0 Å². The van der Waals surface area contributed by atoms with Crippen LogP contribution >= 0.6 is 0 Å². The molecule has 0 amide bonds. The standard InChI is InChI=1S/C11H15NO/c13-10-7-3-1-2-5-9-6-4-8-12-11(9)10/h4,6,8,10,13H,1-3,5,7H2. The quantitative estimate of drug-likeness (QED) is 0.659. The van der Waals surface area contributed by atoms with Gasteiger partial charge in [0, 0.05) is 6.20 Å². The van der Waals surface area contributed by atoms with E-state index in [-0.39, 0.29) is 6.10 Å². The van der Waals surface area contributed by atoms with Crippen LogP contribution in [0.3, 0.4) is 0 Å². The number of hydrogen-bond donors (Lipinski definition) is 1. The van der Waals surface area contributed by atoms with Gasteiger partial charge in [0.2, 0.25) is 0 Å². The Kier molecular flexibility index (Phi) is 2.60. The van der Waals surface area contributed by atoms with E-state index in [4.69, 9.17) is 0 Å². The van der Waals surface area contributed by atoms with E-state index in [1.54, 1.807) is 6.20 Å². The molecule has 0 aromatic carbocycles. The molecule has 0 saturated carbocycles. The lowest BCUT2D eigenvalue weighted by molar-refractivity contribution is 0.155. The van der Waals surface area contributed by atoms with Gasteiger partial charge in [-0.15, -0.1) is 0 Å². The van der Waals surface area contributed by atoms with Gasteiger partial charge in [-0.3, -0.25) is 4.98 Å². The second-order valence-electron chi connectivity index (χ2n) is 3.66. The minimum Gasteiger partial charge on any atom is -0.387 e. The molecule has 2 heteroatoms. The van der Waals surface area contributed by atoms with Crippen molar-refractivity contribution in [1.82, 2.24) is 4.98 Å². The number of aryl methyl sites for hydroxylation is 1. The van der Waals surface area contributed by atoms with Gasteiger partial charge in [-0.05, 0) is 30.9 Å². The summed E-state index contributed by atoms with van der Waals surface area (Å²) in [5.41, 5.74) is 2.14. The molecule has 2 rings (SSSR count). The van der Waals surface area contributed by atoms with Gasteiger partial charge in [-0.2, -0.15) is 0 Å². The fraction of sp³-hybridized carbons (Fsp3) is 0.545. The highest BCUT2D eigenvalue weighted by molar-refractivity contribution is 5.22. The van der Waals surface area contributed by atoms with Crippen LogP contribution in [0.5, 0.6) is 0 Å². The number of pyridine rings is 1. The molecule has 0 aliphatic heterocycles. The van der Waals surface area contributed by atoms with Crippen molar-refractivity contribution in [2.45, 2.75) is 38.2 Å². The van der Waals surface area contributed by atoms with Crippen LogP contribution < -0.4 is 0 Å². The maximum absolute atomic E-state index is 9.80. The molecule has 0 saturated heterocycles. The van der Waals surface area contributed by atoms with E-state index < -0.39 is 0 Å². The molecule has 1 aliphatic rings. The Bertz CT molecular complexity index is 285. The average molecular weight is 177 g/mol. The zero-order chi connectivity index (χ0) is 9.10. The predicted molar refractivity (Wildman–Crippen MR) is 51.4 cm³/mol. The summed E-state index contributed by atoms with van der Waals surface area (Å²) in [5.74, 6) is 0. The monoisotopic (exact) mass is 177 g/mol. The maximum atomic E-state index is 9.80. The zero-order valence-corrected chi connectivity index (χ0v) is 7.74. The van der Waals surface area contributed by atoms with Crippen LogP contribution in [0.2, 0.25) is 0 Å². The zero-order valence-electron chi connectivity index (χ0n) is 7.74. The molecule has 1 N–H and O–H groups in total. The van der Waals surface area contributed by atoms with Crippen LogP contribution in [-0.4, -0.2) is 10.1 Å². The molecule has 70 valence electrons. The highest BCUT2D eigenvalue weighted by atomic mass is 16.3. The van der Waals surface area contributed by atoms with Crippen LogP contribution in [-0.2, 0) is 6.42 Å². The summed E-state index contributed by atoms with van der Waals surface area (Å²) in [6, 6.07) is 4.03. The van der Waals surface area contributed by atoms with E-state index in [0.717, 1.165) is 25.0 Å². The van der Waals surface area contributed by atoms with Crippen LogP contribution in [0, 0.1) is 0 Å². The third kappa shape index (κ3) is 1.89. The lowest BCUT2D eigenvalue weighted by Gasteiger charge is -2.17. The second-order valence-corrected chi connectivity index (χ2v) is 3.66. The molecular weight excluding hydrogens is 162 g/mol. The summed E-state index contributed by atoms with van der Waals surface area (Å²) in [6.45, 7) is 0. The van der Waals surface area contributed by atoms with Crippen molar-refractivity contribution in [3.63, 3.8) is 0 Å². The Morgan fingerprint density at radius 2 is 2.23 bits per heavy atom. The Labute approximate surface area is 78.6 Å². The van der Waals surface area contributed by atoms with Gasteiger partial charge >= 0.3 is 0 Å². The normalized spacial score (nSPS) is 23.0. The Morgan fingerprint density at radius 1 is 1.31 bits per heavy atom. The van der Waals surface area contributed by atoms with E-state index in [1.165, 1.54) is 18.4 Å². The number of aliphatic hydroxyl groups is 1. The summed E-state index contributed by atoms with van der Waals surface area (Å²) in [4.78, 5) is 4.25. The van der Waals surface area contributed by atoms with Crippen molar-refractivity contribution in [2.75, 3.05) is 0 Å². The number of nitrogens with zero attached hydrogens (tertiary/aromatic N) is 1. The number of aromatic nitrogens is 1. The minimum absolute atomic E-state index is 0.337. The molecule has 1 aliphatic carbocycles. The number of aliphatic hydroxyl groups excluding tert-OH is 1. The molecule has 0 spiro atoms. The van der Waals surface area contributed by atoms with Crippen molar-refractivity contribution in [1.29, 1.82) is 0 Å². The predicted octanol–water partition coefficient (Wildman–Crippen LogP) is 2.23. The first-order chi connectivity index (χ1) is 6.38. The van der Waals surface area contributed by atoms with E-state index >= 15 is 0 Å². The molecule has 1 aromatic heterocycles. The van der Waals surface area contributed by atoms with Crippen molar-refractivity contribution in [2.24, 2.45) is 0 Å². The fourth-order valence-electron chi connectivity index (χ4n) is 1.93. The third-order valence-electron chi connectivity index (χ3n) is 2.67. The number of rotatable bonds is 0. The van der Waals surface area contributed by atoms with Crippen LogP contribution in [0.25, 0.3) is 0 Å². The Balaban J connectivity index is 2.31. The van der Waals surface area contributed by atoms with Gasteiger partial charge < -0.3 is 5.11 Å². The smallest absolute Gasteiger partial charge is 0.0962 e. The van der Waals surface area contributed by atoms with Crippen LogP contribution in [0.4, 0.5) is 0 Å². The molecular formula is C11H15NO. The maximum Gasteiger partial charge on any atom is 0.0962 e. The van der Waals surface area contributed by atoms with Gasteiger partial charge in [0.25, 0.3) is 0 Å². The molecule has 0 bridgehead atoms. The van der Waals surface area contributed by atoms with Gasteiger partial charge in [0.15, 0.2) is 0 Å². The second kappa shape index (κ2) is 3.88. The molecule has 13 heavy (non-hydrogen) atoms. The number of hydrogen-bond acceptors (Lipinski definition) is 2. The first-order valence-corrected chi connectivity index (χ1v) is 5.00. The SMILES string of the molecule is OC1CCCCCc2cccnc21. The Morgan fingerprint density at radius 3 is 3.15 bits per heavy atom. The van der Waals surface area contributed by atoms with Gasteiger partial charge in [0.1, 0.15) is 0 Å². The first kappa shape index (κ1) is 8.70. The highest BCUT2D eigenvalue weighted by Crippen LogP contribution is 2.25. The summed E-state index contributed by atoms with van der Waals surface area (Å²) in [6.07, 6.45) is 6.94. The van der Waals surface area contributed by atoms with Crippen LogP contribution in [0.1, 0.15) is 43.0 Å². The Hall–Kier alpha value is -0.890. The topological polar surface area (TPSA) is 33.1 Å². The summed E-state index contributed by atoms with van der Waals surface area (Å²) in [5, 5.41) is 9.80. The van der Waals surface area contributed by atoms with E-state index in [1.807, 2.05) is 6.07 Å².